The minimum atomic E-state index is -1.75. The van der Waals surface area contributed by atoms with E-state index in [4.69, 9.17) is 21.0 Å². The van der Waals surface area contributed by atoms with Crippen LogP contribution in [0.4, 0.5) is 0 Å². The van der Waals surface area contributed by atoms with Gasteiger partial charge in [0.1, 0.15) is 31.8 Å². The first-order chi connectivity index (χ1) is 11.8. The molecule has 0 spiro atoms. The van der Waals surface area contributed by atoms with Crippen molar-refractivity contribution in [3.63, 3.8) is 0 Å². The maximum absolute atomic E-state index is 11.0. The van der Waals surface area contributed by atoms with Gasteiger partial charge in [-0.05, 0) is 0 Å². The normalized spacial score (nSPS) is 9.12. The van der Waals surface area contributed by atoms with E-state index in [0.29, 0.717) is 0 Å². The van der Waals surface area contributed by atoms with E-state index in [1.807, 2.05) is 0 Å². The summed E-state index contributed by atoms with van der Waals surface area (Å²) in [5, 5.41) is 33.6. The third-order valence-electron chi connectivity index (χ3n) is 2.40. The molecule has 0 aromatic carbocycles. The molecular formula is C13H8N4O8. The topological polar surface area (TPSA) is 200 Å². The molecular weight excluding hydrogens is 340 g/mol. The van der Waals surface area contributed by atoms with Crippen molar-refractivity contribution < 1.29 is 38.1 Å². The smallest absolute Gasteiger partial charge is 0.411 e. The van der Waals surface area contributed by atoms with E-state index in [1.54, 1.807) is 0 Å². The van der Waals surface area contributed by atoms with Gasteiger partial charge in [-0.15, -0.1) is 0 Å². The van der Waals surface area contributed by atoms with Gasteiger partial charge in [0.2, 0.25) is 0 Å². The standard InChI is InChI=1S/C13H8N4O8/c14-1-9(18)22-5-13(6-23-10(19)2-15,7-24-11(20)3-16)8-25-12(21)4-17/h5-8H2. The molecule has 0 saturated carbocycles. The minimum Gasteiger partial charge on any atom is -0.454 e. The maximum Gasteiger partial charge on any atom is 0.411 e. The predicted octanol–water partition coefficient (Wildman–Crippen LogP) is -1.76. The first-order valence-electron chi connectivity index (χ1n) is 6.10. The van der Waals surface area contributed by atoms with Crippen LogP contribution in [0.1, 0.15) is 0 Å². The van der Waals surface area contributed by atoms with E-state index in [9.17, 15) is 19.2 Å². The van der Waals surface area contributed by atoms with Crippen LogP contribution >= 0.6 is 0 Å². The van der Waals surface area contributed by atoms with Gasteiger partial charge in [-0.2, -0.15) is 21.0 Å². The molecule has 12 heteroatoms. The number of rotatable bonds is 8. The Bertz CT molecular complexity index is 593. The zero-order valence-electron chi connectivity index (χ0n) is 12.4. The summed E-state index contributed by atoms with van der Waals surface area (Å²) >= 11 is 0. The summed E-state index contributed by atoms with van der Waals surface area (Å²) in [5.74, 6) is -5.41. The number of ether oxygens (including phenoxy) is 4. The van der Waals surface area contributed by atoms with E-state index in [1.165, 1.54) is 0 Å². The Morgan fingerprint density at radius 1 is 0.560 bits per heavy atom. The highest BCUT2D eigenvalue weighted by molar-refractivity contribution is 5.87. The van der Waals surface area contributed by atoms with Gasteiger partial charge in [0.05, 0.1) is 0 Å². The molecule has 0 atom stereocenters. The summed E-state index contributed by atoms with van der Waals surface area (Å²) in [6, 6.07) is 4.50. The fraction of sp³-hybridized carbons (Fsp3) is 0.385. The Kier molecular flexibility index (Phi) is 8.79. The van der Waals surface area contributed by atoms with Gasteiger partial charge < -0.3 is 18.9 Å². The Hall–Kier alpha value is -4.16. The highest BCUT2D eigenvalue weighted by atomic mass is 16.6. The maximum atomic E-state index is 11.0. The summed E-state index contributed by atoms with van der Waals surface area (Å²) in [7, 11) is 0. The van der Waals surface area contributed by atoms with Crippen molar-refractivity contribution in [2.75, 3.05) is 26.4 Å². The summed E-state index contributed by atoms with van der Waals surface area (Å²) < 4.78 is 18.1. The van der Waals surface area contributed by atoms with Crippen molar-refractivity contribution >= 4 is 23.9 Å². The number of hydrogen-bond acceptors (Lipinski definition) is 12. The van der Waals surface area contributed by atoms with Crippen LogP contribution in [0.15, 0.2) is 0 Å². The molecule has 0 aliphatic rings. The molecule has 0 fully saturated rings. The Morgan fingerprint density at radius 3 is 0.920 bits per heavy atom. The van der Waals surface area contributed by atoms with Gasteiger partial charge in [-0.25, -0.2) is 19.2 Å². The second-order valence-electron chi connectivity index (χ2n) is 4.25. The summed E-state index contributed by atoms with van der Waals surface area (Å²) in [6.07, 6.45) is 0. The SMILES string of the molecule is N#CC(=O)OCC(COC(=O)C#N)(COC(=O)C#N)COC(=O)C#N. The van der Waals surface area contributed by atoms with Gasteiger partial charge in [-0.3, -0.25) is 0 Å². The quantitative estimate of drug-likeness (QED) is 0.272. The van der Waals surface area contributed by atoms with Crippen LogP contribution in [0.2, 0.25) is 0 Å². The van der Waals surface area contributed by atoms with Crippen molar-refractivity contribution in [1.29, 1.82) is 21.0 Å². The Balaban J connectivity index is 5.41. The largest absolute Gasteiger partial charge is 0.454 e. The Morgan fingerprint density at radius 2 is 0.760 bits per heavy atom. The van der Waals surface area contributed by atoms with Crippen molar-refractivity contribution in [3.8, 4) is 24.3 Å². The van der Waals surface area contributed by atoms with Gasteiger partial charge >= 0.3 is 23.9 Å². The van der Waals surface area contributed by atoms with Crippen LogP contribution in [-0.2, 0) is 38.1 Å². The zero-order chi connectivity index (χ0) is 19.3. The van der Waals surface area contributed by atoms with Gasteiger partial charge in [0, 0.05) is 0 Å². The minimum absolute atomic E-state index is 0.754. The molecule has 12 nitrogen and oxygen atoms in total. The highest BCUT2D eigenvalue weighted by Crippen LogP contribution is 2.21. The molecule has 0 aliphatic heterocycles. The molecule has 0 unspecified atom stereocenters. The van der Waals surface area contributed by atoms with Gasteiger partial charge in [0.25, 0.3) is 0 Å². The Labute approximate surface area is 140 Å². The number of carbonyl (C=O) groups excluding carboxylic acids is 4. The molecule has 0 bridgehead atoms. The van der Waals surface area contributed by atoms with Gasteiger partial charge in [0.15, 0.2) is 24.3 Å². The average molecular weight is 348 g/mol. The lowest BCUT2D eigenvalue weighted by Gasteiger charge is -2.30. The van der Waals surface area contributed by atoms with Crippen molar-refractivity contribution in [1.82, 2.24) is 0 Å². The molecule has 0 saturated heterocycles. The molecule has 0 aliphatic carbocycles. The molecule has 128 valence electrons. The van der Waals surface area contributed by atoms with Crippen LogP contribution in [0.3, 0.4) is 0 Å². The molecule has 0 amide bonds. The van der Waals surface area contributed by atoms with E-state index in [-0.39, 0.29) is 0 Å². The second-order valence-corrected chi connectivity index (χ2v) is 4.25. The van der Waals surface area contributed by atoms with Gasteiger partial charge in [-0.1, -0.05) is 0 Å². The lowest BCUT2D eigenvalue weighted by molar-refractivity contribution is -0.163. The zero-order valence-corrected chi connectivity index (χ0v) is 12.4. The molecule has 0 heterocycles. The average Bonchev–Trinajstić information content (AvgIpc) is 2.65. The fourth-order valence-electron chi connectivity index (χ4n) is 1.25. The summed E-state index contributed by atoms with van der Waals surface area (Å²) in [4.78, 5) is 43.9. The number of esters is 4. The summed E-state index contributed by atoms with van der Waals surface area (Å²) in [6.45, 7) is -3.02. The van der Waals surface area contributed by atoms with E-state index < -0.39 is 55.7 Å². The molecule has 0 aromatic rings. The van der Waals surface area contributed by atoms with Crippen LogP contribution in [-0.4, -0.2) is 50.3 Å². The van der Waals surface area contributed by atoms with E-state index in [2.05, 4.69) is 18.9 Å². The van der Waals surface area contributed by atoms with Crippen LogP contribution in [0.25, 0.3) is 0 Å². The molecule has 0 N–H and O–H groups in total. The van der Waals surface area contributed by atoms with Crippen LogP contribution in [0, 0.1) is 50.7 Å². The number of hydrogen-bond donors (Lipinski definition) is 0. The lowest BCUT2D eigenvalue weighted by atomic mass is 9.92. The molecule has 0 rings (SSSR count). The predicted molar refractivity (Wildman–Crippen MR) is 68.7 cm³/mol. The van der Waals surface area contributed by atoms with E-state index in [0.717, 1.165) is 24.3 Å². The number of nitriles is 4. The highest BCUT2D eigenvalue weighted by Gasteiger charge is 2.38. The van der Waals surface area contributed by atoms with Crippen molar-refractivity contribution in [2.45, 2.75) is 0 Å². The first kappa shape index (κ1) is 20.8. The molecule has 25 heavy (non-hydrogen) atoms. The fourth-order valence-corrected chi connectivity index (χ4v) is 1.25. The first-order valence-corrected chi connectivity index (χ1v) is 6.10. The van der Waals surface area contributed by atoms with Crippen molar-refractivity contribution in [3.05, 3.63) is 0 Å². The van der Waals surface area contributed by atoms with Crippen LogP contribution < -0.4 is 0 Å². The molecule has 0 aromatic heterocycles. The lowest BCUT2D eigenvalue weighted by Crippen LogP contribution is -2.43. The third kappa shape index (κ3) is 8.15. The number of nitrogens with zero attached hydrogens (tertiary/aromatic N) is 4. The number of carbonyl (C=O) groups is 4. The van der Waals surface area contributed by atoms with Crippen molar-refractivity contribution in [2.24, 2.45) is 5.41 Å². The monoisotopic (exact) mass is 348 g/mol. The molecule has 0 radical (unpaired) electrons. The third-order valence-corrected chi connectivity index (χ3v) is 2.40. The van der Waals surface area contributed by atoms with Crippen LogP contribution in [0.5, 0.6) is 0 Å². The summed E-state index contributed by atoms with van der Waals surface area (Å²) in [5.41, 5.74) is -1.75. The van der Waals surface area contributed by atoms with E-state index >= 15 is 0 Å². The second kappa shape index (κ2) is 10.5.